The van der Waals surface area contributed by atoms with E-state index in [1.807, 2.05) is 0 Å². The number of ether oxygens (including phenoxy) is 1. The van der Waals surface area contributed by atoms with Crippen LogP contribution in [0.3, 0.4) is 0 Å². The summed E-state index contributed by atoms with van der Waals surface area (Å²) in [7, 11) is 0. The number of nitrogens with one attached hydrogen (secondary N) is 1. The van der Waals surface area contributed by atoms with Crippen LogP contribution in [-0.4, -0.2) is 46.9 Å². The van der Waals surface area contributed by atoms with Gasteiger partial charge in [0.05, 0.1) is 25.2 Å². The average Bonchev–Trinajstić information content (AvgIpc) is 3.24. The van der Waals surface area contributed by atoms with Gasteiger partial charge in [-0.05, 0) is 57.8 Å². The van der Waals surface area contributed by atoms with Crippen molar-refractivity contribution in [3.8, 4) is 0 Å². The molecule has 0 radical (unpaired) electrons. The Labute approximate surface area is 373 Å². The maximum Gasteiger partial charge on any atom is 0.306 e. The Hall–Kier alpha value is -1.66. The molecule has 6 nitrogen and oxygen atoms in total. The van der Waals surface area contributed by atoms with Crippen molar-refractivity contribution in [1.29, 1.82) is 0 Å². The Morgan fingerprint density at radius 3 is 1.30 bits per heavy atom. The van der Waals surface area contributed by atoms with Crippen LogP contribution in [-0.2, 0) is 14.3 Å². The lowest BCUT2D eigenvalue weighted by Crippen LogP contribution is -2.46. The second kappa shape index (κ2) is 48.4. The molecule has 0 rings (SSSR count). The van der Waals surface area contributed by atoms with Gasteiger partial charge in [0.25, 0.3) is 0 Å². The highest BCUT2D eigenvalue weighted by molar-refractivity contribution is 5.77. The molecule has 0 aliphatic heterocycles. The molecule has 0 bridgehead atoms. The number of carbonyl (C=O) groups is 2. The van der Waals surface area contributed by atoms with E-state index in [9.17, 15) is 19.8 Å². The van der Waals surface area contributed by atoms with Gasteiger partial charge in [-0.15, -0.1) is 0 Å². The van der Waals surface area contributed by atoms with Crippen molar-refractivity contribution in [2.24, 2.45) is 0 Å². The molecule has 6 heteroatoms. The summed E-state index contributed by atoms with van der Waals surface area (Å²) in [5.41, 5.74) is 0. The van der Waals surface area contributed by atoms with E-state index in [2.05, 4.69) is 50.4 Å². The SMILES string of the molecule is CCCCC/C=C\C/C=C\CCCCCCCCCC(CC(=O)NC(CO)C(O)CCCCCCCCCCCC)OC(=O)CCCCCCCCCCCCCCCC. The highest BCUT2D eigenvalue weighted by atomic mass is 16.5. The van der Waals surface area contributed by atoms with Crippen molar-refractivity contribution < 1.29 is 24.5 Å². The fourth-order valence-electron chi connectivity index (χ4n) is 8.23. The zero-order chi connectivity index (χ0) is 43.8. The number of hydrogen-bond donors (Lipinski definition) is 3. The number of amides is 1. The summed E-state index contributed by atoms with van der Waals surface area (Å²) in [6.07, 6.45) is 55.2. The summed E-state index contributed by atoms with van der Waals surface area (Å²) in [5, 5.41) is 23.7. The van der Waals surface area contributed by atoms with Crippen molar-refractivity contribution in [3.63, 3.8) is 0 Å². The van der Waals surface area contributed by atoms with Gasteiger partial charge in [-0.1, -0.05) is 238 Å². The van der Waals surface area contributed by atoms with Crippen molar-refractivity contribution in [2.45, 2.75) is 302 Å². The summed E-state index contributed by atoms with van der Waals surface area (Å²) in [6, 6.07) is -0.699. The second-order valence-corrected chi connectivity index (χ2v) is 18.3. The van der Waals surface area contributed by atoms with Crippen LogP contribution in [0, 0.1) is 0 Å². The van der Waals surface area contributed by atoms with E-state index in [0.717, 1.165) is 70.6 Å². The summed E-state index contributed by atoms with van der Waals surface area (Å²) in [6.45, 7) is 6.47. The molecule has 0 spiro atoms. The molecule has 0 saturated carbocycles. The van der Waals surface area contributed by atoms with E-state index in [1.54, 1.807) is 0 Å². The fraction of sp³-hybridized carbons (Fsp3) is 0.889. The van der Waals surface area contributed by atoms with Crippen LogP contribution in [0.25, 0.3) is 0 Å². The van der Waals surface area contributed by atoms with Gasteiger partial charge in [0.2, 0.25) is 5.91 Å². The Balaban J connectivity index is 4.56. The summed E-state index contributed by atoms with van der Waals surface area (Å²) >= 11 is 0. The van der Waals surface area contributed by atoms with E-state index in [0.29, 0.717) is 19.3 Å². The monoisotopic (exact) mass is 846 g/mol. The third-order valence-corrected chi connectivity index (χ3v) is 12.3. The Bertz CT molecular complexity index is 950. The molecule has 3 unspecified atom stereocenters. The number of carbonyl (C=O) groups excluding carboxylic acids is 2. The number of aliphatic hydroxyl groups is 2. The number of unbranched alkanes of at least 4 members (excludes halogenated alkanes) is 32. The third kappa shape index (κ3) is 43.0. The molecule has 354 valence electrons. The van der Waals surface area contributed by atoms with Crippen LogP contribution >= 0.6 is 0 Å². The standard InChI is InChI=1S/C54H103NO5/c1-4-7-10-13-16-19-22-24-26-27-28-29-31-33-36-39-42-45-50(60-54(59)47-44-41-38-35-32-30-25-23-20-17-14-11-8-5-2)48-53(58)55-51(49-56)52(57)46-43-40-37-34-21-18-15-12-9-6-3/h16,19,24,26,50-52,56-57H,4-15,17-18,20-23,25,27-49H2,1-3H3,(H,55,58)/b19-16-,26-24-. The fourth-order valence-corrected chi connectivity index (χ4v) is 8.23. The average molecular weight is 846 g/mol. The predicted molar refractivity (Wildman–Crippen MR) is 260 cm³/mol. The van der Waals surface area contributed by atoms with Crippen LogP contribution in [0.1, 0.15) is 284 Å². The van der Waals surface area contributed by atoms with E-state index in [-0.39, 0.29) is 24.9 Å². The molecule has 3 atom stereocenters. The number of esters is 1. The largest absolute Gasteiger partial charge is 0.462 e. The van der Waals surface area contributed by atoms with Gasteiger partial charge in [0.1, 0.15) is 6.10 Å². The van der Waals surface area contributed by atoms with Crippen molar-refractivity contribution in [3.05, 3.63) is 24.3 Å². The van der Waals surface area contributed by atoms with Gasteiger partial charge in [-0.2, -0.15) is 0 Å². The molecule has 0 fully saturated rings. The van der Waals surface area contributed by atoms with Gasteiger partial charge in [-0.25, -0.2) is 0 Å². The first-order valence-corrected chi connectivity index (χ1v) is 26.6. The number of allylic oxidation sites excluding steroid dienone is 4. The zero-order valence-corrected chi connectivity index (χ0v) is 40.4. The lowest BCUT2D eigenvalue weighted by atomic mass is 10.0. The Morgan fingerprint density at radius 1 is 0.483 bits per heavy atom. The number of aliphatic hydroxyl groups excluding tert-OH is 2. The molecule has 0 aliphatic carbocycles. The van der Waals surface area contributed by atoms with Crippen molar-refractivity contribution >= 4 is 11.9 Å². The minimum atomic E-state index is -0.785. The third-order valence-electron chi connectivity index (χ3n) is 12.3. The van der Waals surface area contributed by atoms with Crippen LogP contribution in [0.5, 0.6) is 0 Å². The van der Waals surface area contributed by atoms with E-state index < -0.39 is 18.2 Å². The predicted octanol–water partition coefficient (Wildman–Crippen LogP) is 15.9. The first-order chi connectivity index (χ1) is 29.5. The van der Waals surface area contributed by atoms with Gasteiger partial charge < -0.3 is 20.3 Å². The highest BCUT2D eigenvalue weighted by Gasteiger charge is 2.24. The van der Waals surface area contributed by atoms with E-state index >= 15 is 0 Å². The first-order valence-electron chi connectivity index (χ1n) is 26.6. The number of rotatable bonds is 48. The second-order valence-electron chi connectivity index (χ2n) is 18.3. The van der Waals surface area contributed by atoms with Crippen LogP contribution < -0.4 is 5.32 Å². The highest BCUT2D eigenvalue weighted by Crippen LogP contribution is 2.18. The molecule has 0 aromatic carbocycles. The topological polar surface area (TPSA) is 95.9 Å². The smallest absolute Gasteiger partial charge is 0.306 e. The van der Waals surface area contributed by atoms with Gasteiger partial charge >= 0.3 is 5.97 Å². The van der Waals surface area contributed by atoms with Crippen LogP contribution in [0.2, 0.25) is 0 Å². The molecule has 60 heavy (non-hydrogen) atoms. The van der Waals surface area contributed by atoms with E-state index in [1.165, 1.54) is 167 Å². The van der Waals surface area contributed by atoms with Gasteiger partial charge in [0, 0.05) is 6.42 Å². The Morgan fingerprint density at radius 2 is 0.850 bits per heavy atom. The Kier molecular flexibility index (Phi) is 47.0. The normalized spacial score (nSPS) is 13.3. The van der Waals surface area contributed by atoms with Crippen molar-refractivity contribution in [1.82, 2.24) is 5.32 Å². The van der Waals surface area contributed by atoms with Crippen LogP contribution in [0.4, 0.5) is 0 Å². The summed E-state index contributed by atoms with van der Waals surface area (Å²) in [4.78, 5) is 26.1. The van der Waals surface area contributed by atoms with E-state index in [4.69, 9.17) is 4.74 Å². The summed E-state index contributed by atoms with van der Waals surface area (Å²) < 4.78 is 5.94. The number of hydrogen-bond acceptors (Lipinski definition) is 5. The van der Waals surface area contributed by atoms with Crippen LogP contribution in [0.15, 0.2) is 24.3 Å². The molecule has 0 aliphatic rings. The van der Waals surface area contributed by atoms with Gasteiger partial charge in [0.15, 0.2) is 0 Å². The first kappa shape index (κ1) is 58.3. The minimum absolute atomic E-state index is 0.0775. The molecule has 0 aromatic heterocycles. The molecule has 3 N–H and O–H groups in total. The maximum absolute atomic E-state index is 13.2. The molecule has 1 amide bonds. The zero-order valence-electron chi connectivity index (χ0n) is 40.4. The quantitative estimate of drug-likeness (QED) is 0.0322. The lowest BCUT2D eigenvalue weighted by Gasteiger charge is -2.24. The maximum atomic E-state index is 13.2. The molecule has 0 heterocycles. The molecule has 0 saturated heterocycles. The molecular weight excluding hydrogens is 743 g/mol. The minimum Gasteiger partial charge on any atom is -0.462 e. The lowest BCUT2D eigenvalue weighted by molar-refractivity contribution is -0.151. The van der Waals surface area contributed by atoms with Gasteiger partial charge in [-0.3, -0.25) is 9.59 Å². The van der Waals surface area contributed by atoms with Crippen molar-refractivity contribution in [2.75, 3.05) is 6.61 Å². The molecule has 0 aromatic rings. The summed E-state index contributed by atoms with van der Waals surface area (Å²) in [5.74, 6) is -0.467. The molecular formula is C54H103NO5.